The first-order chi connectivity index (χ1) is 11.8. The summed E-state index contributed by atoms with van der Waals surface area (Å²) in [5.41, 5.74) is 4.93. The molecule has 0 atom stereocenters. The molecule has 0 unspecified atom stereocenters. The van der Waals surface area contributed by atoms with E-state index in [4.69, 9.17) is 4.42 Å². The normalized spacial score (nSPS) is 11.3. The van der Waals surface area contributed by atoms with Gasteiger partial charge in [-0.1, -0.05) is 13.8 Å². The van der Waals surface area contributed by atoms with Crippen molar-refractivity contribution in [3.8, 4) is 0 Å². The van der Waals surface area contributed by atoms with E-state index in [1.165, 1.54) is 5.56 Å². The fourth-order valence-electron chi connectivity index (χ4n) is 3.19. The molecule has 2 heterocycles. The fourth-order valence-corrected chi connectivity index (χ4v) is 3.19. The standard InChI is InChI=1S/C21H25N2O2/c1-14(2)18-12-19-16(11-21(24)25-20(19)10-15(18)3)13-23-8-6-17(7-9-23)22(4)5/h6-12,14H,13H2,1-5H3/q+1. The average molecular weight is 337 g/mol. The summed E-state index contributed by atoms with van der Waals surface area (Å²) in [6.07, 6.45) is 4.07. The zero-order valence-corrected chi connectivity index (χ0v) is 15.5. The predicted octanol–water partition coefficient (Wildman–Crippen LogP) is 3.63. The number of aromatic nitrogens is 1. The molecule has 2 aromatic heterocycles. The smallest absolute Gasteiger partial charge is 0.336 e. The first-order valence-corrected chi connectivity index (χ1v) is 8.59. The van der Waals surface area contributed by atoms with E-state index in [1.54, 1.807) is 6.07 Å². The minimum atomic E-state index is -0.301. The molecule has 0 bridgehead atoms. The molecule has 0 aliphatic heterocycles. The third kappa shape index (κ3) is 3.58. The minimum Gasteiger partial charge on any atom is -0.423 e. The number of benzene rings is 1. The van der Waals surface area contributed by atoms with E-state index in [9.17, 15) is 4.79 Å². The summed E-state index contributed by atoms with van der Waals surface area (Å²) in [5.74, 6) is 0.427. The van der Waals surface area contributed by atoms with Gasteiger partial charge in [0.15, 0.2) is 18.9 Å². The molecule has 0 aliphatic rings. The molecule has 3 aromatic rings. The number of nitrogens with zero attached hydrogens (tertiary/aromatic N) is 2. The molecule has 0 saturated carbocycles. The average Bonchev–Trinajstić information content (AvgIpc) is 2.54. The van der Waals surface area contributed by atoms with Crippen molar-refractivity contribution in [2.75, 3.05) is 19.0 Å². The molecule has 0 saturated heterocycles. The summed E-state index contributed by atoms with van der Waals surface area (Å²) in [6, 6.07) is 9.89. The second-order valence-corrected chi connectivity index (χ2v) is 7.07. The van der Waals surface area contributed by atoms with Gasteiger partial charge in [0, 0.05) is 48.9 Å². The predicted molar refractivity (Wildman–Crippen MR) is 101 cm³/mol. The molecule has 0 amide bonds. The van der Waals surface area contributed by atoms with Crippen molar-refractivity contribution < 1.29 is 8.98 Å². The Morgan fingerprint density at radius 2 is 1.80 bits per heavy atom. The highest BCUT2D eigenvalue weighted by molar-refractivity contribution is 5.82. The van der Waals surface area contributed by atoms with Crippen LogP contribution >= 0.6 is 0 Å². The monoisotopic (exact) mass is 337 g/mol. The maximum absolute atomic E-state index is 12.0. The number of hydrogen-bond acceptors (Lipinski definition) is 3. The number of anilines is 1. The van der Waals surface area contributed by atoms with Crippen LogP contribution in [0.1, 0.15) is 36.5 Å². The highest BCUT2D eigenvalue weighted by Gasteiger charge is 2.14. The Kier molecular flexibility index (Phi) is 4.62. The lowest BCUT2D eigenvalue weighted by molar-refractivity contribution is -0.688. The lowest BCUT2D eigenvalue weighted by atomic mass is 9.95. The summed E-state index contributed by atoms with van der Waals surface area (Å²) < 4.78 is 7.51. The van der Waals surface area contributed by atoms with Crippen LogP contribution in [0.15, 0.2) is 51.9 Å². The van der Waals surface area contributed by atoms with E-state index in [2.05, 4.69) is 48.4 Å². The molecule has 0 aliphatic carbocycles. The summed E-state index contributed by atoms with van der Waals surface area (Å²) in [5, 5.41) is 1.01. The Labute approximate surface area is 148 Å². The van der Waals surface area contributed by atoms with Crippen LogP contribution in [0.3, 0.4) is 0 Å². The van der Waals surface area contributed by atoms with Gasteiger partial charge in [-0.05, 0) is 36.1 Å². The maximum atomic E-state index is 12.0. The van der Waals surface area contributed by atoms with Crippen LogP contribution in [-0.2, 0) is 6.54 Å². The largest absolute Gasteiger partial charge is 0.423 e. The maximum Gasteiger partial charge on any atom is 0.336 e. The molecule has 25 heavy (non-hydrogen) atoms. The number of aryl methyl sites for hydroxylation is 1. The molecule has 0 spiro atoms. The van der Waals surface area contributed by atoms with E-state index >= 15 is 0 Å². The summed E-state index contributed by atoms with van der Waals surface area (Å²) in [7, 11) is 4.04. The molecular formula is C21H25N2O2+. The van der Waals surface area contributed by atoms with Crippen molar-refractivity contribution in [1.82, 2.24) is 0 Å². The van der Waals surface area contributed by atoms with Crippen molar-refractivity contribution in [3.63, 3.8) is 0 Å². The number of rotatable bonds is 4. The van der Waals surface area contributed by atoms with Crippen molar-refractivity contribution >= 4 is 16.7 Å². The van der Waals surface area contributed by atoms with Gasteiger partial charge >= 0.3 is 5.63 Å². The first-order valence-electron chi connectivity index (χ1n) is 8.59. The molecular weight excluding hydrogens is 312 g/mol. The zero-order valence-electron chi connectivity index (χ0n) is 15.5. The van der Waals surface area contributed by atoms with Gasteiger partial charge in [0.2, 0.25) is 0 Å². The Bertz CT molecular complexity index is 954. The van der Waals surface area contributed by atoms with Crippen LogP contribution in [-0.4, -0.2) is 14.1 Å². The van der Waals surface area contributed by atoms with E-state index in [0.29, 0.717) is 18.0 Å². The van der Waals surface area contributed by atoms with Gasteiger partial charge in [0.25, 0.3) is 0 Å². The van der Waals surface area contributed by atoms with Crippen molar-refractivity contribution in [1.29, 1.82) is 0 Å². The van der Waals surface area contributed by atoms with E-state index < -0.39 is 0 Å². The minimum absolute atomic E-state index is 0.301. The molecule has 0 fully saturated rings. The quantitative estimate of drug-likeness (QED) is 0.539. The third-order valence-electron chi connectivity index (χ3n) is 4.58. The Morgan fingerprint density at radius 3 is 2.40 bits per heavy atom. The second-order valence-electron chi connectivity index (χ2n) is 7.07. The summed E-state index contributed by atoms with van der Waals surface area (Å²) >= 11 is 0. The van der Waals surface area contributed by atoms with Crippen molar-refractivity contribution in [2.24, 2.45) is 0 Å². The van der Waals surface area contributed by atoms with Gasteiger partial charge in [-0.3, -0.25) is 0 Å². The van der Waals surface area contributed by atoms with Gasteiger partial charge < -0.3 is 9.32 Å². The van der Waals surface area contributed by atoms with Crippen LogP contribution < -0.4 is 15.1 Å². The van der Waals surface area contributed by atoms with E-state index in [1.807, 2.05) is 32.6 Å². The molecule has 0 N–H and O–H groups in total. The zero-order chi connectivity index (χ0) is 18.1. The van der Waals surface area contributed by atoms with Crippen LogP contribution in [0.5, 0.6) is 0 Å². The molecule has 0 radical (unpaired) electrons. The first kappa shape index (κ1) is 17.2. The molecule has 130 valence electrons. The van der Waals surface area contributed by atoms with E-state index in [-0.39, 0.29) is 5.63 Å². The number of pyridine rings is 1. The van der Waals surface area contributed by atoms with Gasteiger partial charge in [0.1, 0.15) is 5.58 Å². The van der Waals surface area contributed by atoms with Gasteiger partial charge in [-0.15, -0.1) is 0 Å². The van der Waals surface area contributed by atoms with Crippen LogP contribution in [0.25, 0.3) is 11.0 Å². The number of hydrogen-bond donors (Lipinski definition) is 0. The van der Waals surface area contributed by atoms with Crippen LogP contribution in [0.2, 0.25) is 0 Å². The highest BCUT2D eigenvalue weighted by Crippen LogP contribution is 2.26. The SMILES string of the molecule is Cc1cc2oc(=O)cc(C[n+]3ccc(N(C)C)cc3)c2cc1C(C)C. The molecule has 1 aromatic carbocycles. The van der Waals surface area contributed by atoms with Crippen molar-refractivity contribution in [2.45, 2.75) is 33.2 Å². The summed E-state index contributed by atoms with van der Waals surface area (Å²) in [6.45, 7) is 7.07. The lowest BCUT2D eigenvalue weighted by Crippen LogP contribution is -2.34. The molecule has 3 rings (SSSR count). The fraction of sp³-hybridized carbons (Fsp3) is 0.333. The third-order valence-corrected chi connectivity index (χ3v) is 4.58. The topological polar surface area (TPSA) is 37.3 Å². The Hall–Kier alpha value is -2.62. The van der Waals surface area contributed by atoms with Gasteiger partial charge in [0.05, 0.1) is 0 Å². The molecule has 4 heteroatoms. The van der Waals surface area contributed by atoms with Gasteiger partial charge in [-0.2, -0.15) is 0 Å². The Morgan fingerprint density at radius 1 is 1.12 bits per heavy atom. The molecule has 4 nitrogen and oxygen atoms in total. The lowest BCUT2D eigenvalue weighted by Gasteiger charge is -2.12. The summed E-state index contributed by atoms with van der Waals surface area (Å²) in [4.78, 5) is 14.0. The van der Waals surface area contributed by atoms with Crippen LogP contribution in [0.4, 0.5) is 5.69 Å². The second kappa shape index (κ2) is 6.71. The highest BCUT2D eigenvalue weighted by atomic mass is 16.4. The van der Waals surface area contributed by atoms with Crippen LogP contribution in [0, 0.1) is 6.92 Å². The Balaban J connectivity index is 2.08. The van der Waals surface area contributed by atoms with Crippen molar-refractivity contribution in [3.05, 3.63) is 69.8 Å². The number of fused-ring (bicyclic) bond motifs is 1. The van der Waals surface area contributed by atoms with Gasteiger partial charge in [-0.25, -0.2) is 9.36 Å². The van der Waals surface area contributed by atoms with E-state index in [0.717, 1.165) is 22.2 Å².